The molecule has 0 radical (unpaired) electrons. The predicted octanol–water partition coefficient (Wildman–Crippen LogP) is 1.20. The van der Waals surface area contributed by atoms with Crippen molar-refractivity contribution in [3.63, 3.8) is 0 Å². The Morgan fingerprint density at radius 1 is 1.12 bits per heavy atom. The van der Waals surface area contributed by atoms with Crippen LogP contribution in [0.1, 0.15) is 26.3 Å². The molecule has 0 aliphatic carbocycles. The molecule has 1 unspecified atom stereocenters. The number of nitrogens with zero attached hydrogens (tertiary/aromatic N) is 1. The number of para-hydroxylation sites is 1. The van der Waals surface area contributed by atoms with Crippen molar-refractivity contribution in [2.75, 3.05) is 6.61 Å². The van der Waals surface area contributed by atoms with Crippen molar-refractivity contribution in [3.05, 3.63) is 42.6 Å². The zero-order valence-electron chi connectivity index (χ0n) is 14.8. The molecule has 6 nitrogen and oxygen atoms in total. The molecule has 2 aromatic rings. The summed E-state index contributed by atoms with van der Waals surface area (Å²) < 4.78 is 1.54. The maximum atomic E-state index is 10.3. The van der Waals surface area contributed by atoms with Gasteiger partial charge >= 0.3 is 0 Å². The fourth-order valence-electron chi connectivity index (χ4n) is 2.74. The number of hydrogen-bond acceptors (Lipinski definition) is 5. The molecule has 4 N–H and O–H groups in total. The SMILES string of the molecule is C=C(C)c1cn(OC(C)[C@H](O)[C@@H](O)[C@H](O)[C@H](C)CO)c2ccccc12. The fourth-order valence-corrected chi connectivity index (χ4v) is 2.74. The van der Waals surface area contributed by atoms with Crippen molar-refractivity contribution < 1.29 is 25.3 Å². The number of rotatable bonds is 8. The summed E-state index contributed by atoms with van der Waals surface area (Å²) in [7, 11) is 0. The summed E-state index contributed by atoms with van der Waals surface area (Å²) in [6.07, 6.45) is -3.00. The van der Waals surface area contributed by atoms with Crippen LogP contribution in [0, 0.1) is 5.92 Å². The second-order valence-corrected chi connectivity index (χ2v) is 6.61. The summed E-state index contributed by atoms with van der Waals surface area (Å²) in [5.74, 6) is -0.556. The number of aliphatic hydroxyl groups is 4. The number of aromatic nitrogens is 1. The van der Waals surface area contributed by atoms with Gasteiger partial charge < -0.3 is 25.3 Å². The Morgan fingerprint density at radius 2 is 1.76 bits per heavy atom. The Kier molecular flexibility index (Phi) is 6.24. The lowest BCUT2D eigenvalue weighted by Gasteiger charge is -2.30. The van der Waals surface area contributed by atoms with Gasteiger partial charge in [0.25, 0.3) is 0 Å². The molecule has 0 saturated carbocycles. The Bertz CT molecular complexity index is 726. The largest absolute Gasteiger partial charge is 0.408 e. The molecular formula is C19H27NO5. The predicted molar refractivity (Wildman–Crippen MR) is 97.0 cm³/mol. The van der Waals surface area contributed by atoms with Crippen LogP contribution in [-0.2, 0) is 0 Å². The molecule has 25 heavy (non-hydrogen) atoms. The molecule has 138 valence electrons. The van der Waals surface area contributed by atoms with Crippen LogP contribution in [0.3, 0.4) is 0 Å². The first-order chi connectivity index (χ1) is 11.8. The summed E-state index contributed by atoms with van der Waals surface area (Å²) in [4.78, 5) is 5.80. The van der Waals surface area contributed by atoms with E-state index in [1.54, 1.807) is 24.8 Å². The van der Waals surface area contributed by atoms with Crippen LogP contribution in [0.15, 0.2) is 37.0 Å². The molecular weight excluding hydrogens is 322 g/mol. The lowest BCUT2D eigenvalue weighted by atomic mass is 9.95. The number of benzene rings is 1. The van der Waals surface area contributed by atoms with Crippen LogP contribution in [0.2, 0.25) is 0 Å². The highest BCUT2D eigenvalue weighted by atomic mass is 16.7. The molecule has 0 spiro atoms. The monoisotopic (exact) mass is 349 g/mol. The summed E-state index contributed by atoms with van der Waals surface area (Å²) in [6, 6.07) is 7.66. The van der Waals surface area contributed by atoms with Crippen LogP contribution >= 0.6 is 0 Å². The highest BCUT2D eigenvalue weighted by Crippen LogP contribution is 2.26. The minimum atomic E-state index is -1.43. The standard InChI is InChI=1S/C19H27NO5/c1-11(2)15-9-20(16-8-6-5-7-14(15)16)25-13(4)18(23)19(24)17(22)12(3)10-21/h5-9,12-13,17-19,21-24H,1,10H2,2-4H3/t12-,13?,17-,18+,19+/m1/s1. The summed E-state index contributed by atoms with van der Waals surface area (Å²) in [5.41, 5.74) is 2.64. The maximum absolute atomic E-state index is 10.3. The summed E-state index contributed by atoms with van der Waals surface area (Å²) in [5, 5.41) is 40.5. The van der Waals surface area contributed by atoms with E-state index >= 15 is 0 Å². The van der Waals surface area contributed by atoms with E-state index in [-0.39, 0.29) is 6.61 Å². The first kappa shape index (κ1) is 19.5. The van der Waals surface area contributed by atoms with E-state index in [0.717, 1.165) is 22.0 Å². The molecule has 0 bridgehead atoms. The number of fused-ring (bicyclic) bond motifs is 1. The average molecular weight is 349 g/mol. The number of allylic oxidation sites excluding steroid dienone is 1. The Hall–Kier alpha value is -1.86. The van der Waals surface area contributed by atoms with Crippen molar-refractivity contribution in [2.24, 2.45) is 5.92 Å². The Labute approximate surface area is 147 Å². The van der Waals surface area contributed by atoms with Gasteiger partial charge in [0.1, 0.15) is 12.2 Å². The van der Waals surface area contributed by atoms with Gasteiger partial charge in [-0.25, -0.2) is 0 Å². The van der Waals surface area contributed by atoms with Gasteiger partial charge in [-0.3, -0.25) is 0 Å². The van der Waals surface area contributed by atoms with Crippen LogP contribution in [0.4, 0.5) is 0 Å². The molecule has 0 aliphatic rings. The topological polar surface area (TPSA) is 95.1 Å². The van der Waals surface area contributed by atoms with Gasteiger partial charge in [0.05, 0.1) is 17.8 Å². The van der Waals surface area contributed by atoms with Gasteiger partial charge in [-0.2, -0.15) is 4.73 Å². The van der Waals surface area contributed by atoms with Gasteiger partial charge in [-0.1, -0.05) is 31.7 Å². The van der Waals surface area contributed by atoms with E-state index < -0.39 is 30.3 Å². The van der Waals surface area contributed by atoms with Crippen molar-refractivity contribution >= 4 is 16.5 Å². The molecule has 2 rings (SSSR count). The average Bonchev–Trinajstić information content (AvgIpc) is 2.98. The van der Waals surface area contributed by atoms with Gasteiger partial charge in [0.2, 0.25) is 0 Å². The molecule has 6 heteroatoms. The summed E-state index contributed by atoms with van der Waals surface area (Å²) >= 11 is 0. The van der Waals surface area contributed by atoms with Crippen LogP contribution in [0.25, 0.3) is 16.5 Å². The summed E-state index contributed by atoms with van der Waals surface area (Å²) in [6.45, 7) is 8.78. The van der Waals surface area contributed by atoms with E-state index in [9.17, 15) is 15.3 Å². The van der Waals surface area contributed by atoms with E-state index in [0.29, 0.717) is 0 Å². The fraction of sp³-hybridized carbons (Fsp3) is 0.474. The highest BCUT2D eigenvalue weighted by Gasteiger charge is 2.33. The van der Waals surface area contributed by atoms with E-state index in [2.05, 4.69) is 6.58 Å². The smallest absolute Gasteiger partial charge is 0.151 e. The van der Waals surface area contributed by atoms with Crippen LogP contribution in [0.5, 0.6) is 0 Å². The molecule has 1 aromatic carbocycles. The maximum Gasteiger partial charge on any atom is 0.151 e. The quantitative estimate of drug-likeness (QED) is 0.574. The molecule has 1 heterocycles. The van der Waals surface area contributed by atoms with Gasteiger partial charge in [-0.15, -0.1) is 0 Å². The second-order valence-electron chi connectivity index (χ2n) is 6.61. The van der Waals surface area contributed by atoms with Crippen molar-refractivity contribution in [1.29, 1.82) is 0 Å². The zero-order valence-corrected chi connectivity index (χ0v) is 14.8. The Balaban J connectivity index is 2.21. The van der Waals surface area contributed by atoms with Gasteiger partial charge in [0.15, 0.2) is 6.10 Å². The van der Waals surface area contributed by atoms with Crippen molar-refractivity contribution in [3.8, 4) is 0 Å². The molecule has 0 saturated heterocycles. The normalized spacial score (nSPS) is 17.7. The molecule has 0 amide bonds. The molecule has 0 fully saturated rings. The minimum Gasteiger partial charge on any atom is -0.408 e. The van der Waals surface area contributed by atoms with Crippen molar-refractivity contribution in [1.82, 2.24) is 4.73 Å². The molecule has 1 aromatic heterocycles. The third kappa shape index (κ3) is 4.04. The zero-order chi connectivity index (χ0) is 18.7. The second kappa shape index (κ2) is 8.01. The first-order valence-electron chi connectivity index (χ1n) is 8.36. The third-order valence-corrected chi connectivity index (χ3v) is 4.47. The first-order valence-corrected chi connectivity index (χ1v) is 8.36. The number of aliphatic hydroxyl groups excluding tert-OH is 4. The lowest BCUT2D eigenvalue weighted by molar-refractivity contribution is -0.131. The van der Waals surface area contributed by atoms with Gasteiger partial charge in [0, 0.05) is 23.5 Å². The minimum absolute atomic E-state index is 0.287. The third-order valence-electron chi connectivity index (χ3n) is 4.47. The van der Waals surface area contributed by atoms with Crippen molar-refractivity contribution in [2.45, 2.75) is 45.2 Å². The van der Waals surface area contributed by atoms with Gasteiger partial charge in [-0.05, 0) is 25.5 Å². The number of hydrogen-bond donors (Lipinski definition) is 4. The lowest BCUT2D eigenvalue weighted by Crippen LogP contribution is -2.49. The van der Waals surface area contributed by atoms with E-state index in [1.165, 1.54) is 0 Å². The molecule has 0 aliphatic heterocycles. The van der Waals surface area contributed by atoms with Crippen LogP contribution < -0.4 is 4.84 Å². The van der Waals surface area contributed by atoms with E-state index in [1.807, 2.05) is 31.2 Å². The molecule has 5 atom stereocenters. The van der Waals surface area contributed by atoms with E-state index in [4.69, 9.17) is 9.94 Å². The Morgan fingerprint density at radius 3 is 2.36 bits per heavy atom. The highest BCUT2D eigenvalue weighted by molar-refractivity contribution is 5.92. The van der Waals surface area contributed by atoms with Crippen LogP contribution in [-0.4, -0.2) is 56.2 Å².